The summed E-state index contributed by atoms with van der Waals surface area (Å²) in [6.07, 6.45) is 0. The molecule has 316 valence electrons. The Morgan fingerprint density at radius 3 is 1.48 bits per heavy atom. The molecule has 12 aromatic rings. The van der Waals surface area contributed by atoms with Gasteiger partial charge in [-0.15, -0.1) is 0 Å². The van der Waals surface area contributed by atoms with Crippen molar-refractivity contribution in [2.75, 3.05) is 4.90 Å². The number of hydrogen-bond acceptors (Lipinski definition) is 1. The van der Waals surface area contributed by atoms with Gasteiger partial charge in [-0.25, -0.2) is 0 Å². The molecule has 0 aliphatic heterocycles. The molecule has 1 heterocycles. The Labute approximate surface area is 392 Å². The maximum absolute atomic E-state index is 2.86. The molecule has 0 aliphatic carbocycles. The van der Waals surface area contributed by atoms with Gasteiger partial charge in [0.2, 0.25) is 0 Å². The monoisotopic (exact) mass is 870 g/mol. The molecule has 1 aromatic heterocycles. The third-order valence-corrected chi connectivity index (χ3v) is 18.3. The van der Waals surface area contributed by atoms with E-state index in [1.54, 1.807) is 0 Å². The number of rotatable bonds is 10. The first-order valence-corrected chi connectivity index (χ1v) is 25.1. The molecule has 3 heteroatoms. The van der Waals surface area contributed by atoms with Gasteiger partial charge in [0.1, 0.15) is 0 Å². The largest absolute Gasteiger partial charge is 0.310 e. The molecule has 12 rings (SSSR count). The Hall–Kier alpha value is -8.50. The normalized spacial score (nSPS) is 11.6. The molecule has 2 nitrogen and oxygen atoms in total. The van der Waals surface area contributed by atoms with Gasteiger partial charge in [0.15, 0.2) is 8.07 Å². The fourth-order valence-corrected chi connectivity index (χ4v) is 15.3. The van der Waals surface area contributed by atoms with E-state index in [1.807, 2.05) is 0 Å². The van der Waals surface area contributed by atoms with Crippen LogP contribution < -0.4 is 25.6 Å². The maximum atomic E-state index is 2.49. The zero-order valence-corrected chi connectivity index (χ0v) is 38.0. The van der Waals surface area contributed by atoms with Crippen molar-refractivity contribution in [2.45, 2.75) is 0 Å². The lowest BCUT2D eigenvalue weighted by molar-refractivity contribution is 1.18. The summed E-state index contributed by atoms with van der Waals surface area (Å²) >= 11 is 0. The number of benzene rings is 11. The van der Waals surface area contributed by atoms with Crippen molar-refractivity contribution in [3.8, 4) is 27.9 Å². The van der Waals surface area contributed by atoms with Gasteiger partial charge in [0.05, 0.1) is 16.7 Å². The minimum atomic E-state index is -2.86. The topological polar surface area (TPSA) is 8.17 Å². The summed E-state index contributed by atoms with van der Waals surface area (Å²) < 4.78 is 2.43. The van der Waals surface area contributed by atoms with E-state index in [0.717, 1.165) is 28.3 Å². The second-order valence-corrected chi connectivity index (χ2v) is 21.1. The number of fused-ring (bicyclic) bond motifs is 4. The standard InChI is InChI=1S/C64H46N2Si/c1-5-20-47(21-6-1)48-38-42-52(43-39-48)66-61-35-16-15-33-60(61)64-62(36-19-37-63(64)66)65(51-44-40-50(41-45-51)59-34-17-23-49-22-13-14-32-58(49)59)53-24-18-31-57(46-53)67(54-25-7-2-8-26-54,55-27-9-3-10-28-55)56-29-11-4-12-30-56/h1-46H. The first-order chi connectivity index (χ1) is 33.3. The summed E-state index contributed by atoms with van der Waals surface area (Å²) in [5.74, 6) is 0. The Kier molecular flexibility index (Phi) is 10.2. The van der Waals surface area contributed by atoms with Crippen molar-refractivity contribution < 1.29 is 0 Å². The summed E-state index contributed by atoms with van der Waals surface area (Å²) in [4.78, 5) is 2.49. The molecule has 67 heavy (non-hydrogen) atoms. The molecule has 0 aliphatic rings. The molecule has 0 saturated carbocycles. The quantitative estimate of drug-likeness (QED) is 0.0982. The highest BCUT2D eigenvalue weighted by Gasteiger charge is 2.41. The van der Waals surface area contributed by atoms with Crippen LogP contribution in [0.25, 0.3) is 60.5 Å². The molecule has 0 amide bonds. The predicted molar refractivity (Wildman–Crippen MR) is 287 cm³/mol. The Balaban J connectivity index is 1.10. The van der Waals surface area contributed by atoms with E-state index in [2.05, 4.69) is 289 Å². The molecule has 11 aromatic carbocycles. The average Bonchev–Trinajstić information content (AvgIpc) is 3.75. The fraction of sp³-hybridized carbons (Fsp3) is 0. The van der Waals surface area contributed by atoms with Gasteiger partial charge in [-0.2, -0.15) is 0 Å². The summed E-state index contributed by atoms with van der Waals surface area (Å²) in [6.45, 7) is 0. The summed E-state index contributed by atoms with van der Waals surface area (Å²) in [5, 5.41) is 10.3. The predicted octanol–water partition coefficient (Wildman–Crippen LogP) is 14.1. The van der Waals surface area contributed by atoms with Crippen LogP contribution in [0.5, 0.6) is 0 Å². The smallest absolute Gasteiger partial charge is 0.179 e. The second-order valence-electron chi connectivity index (χ2n) is 17.2. The summed E-state index contributed by atoms with van der Waals surface area (Å²) in [5.41, 5.74) is 11.6. The van der Waals surface area contributed by atoms with E-state index < -0.39 is 8.07 Å². The van der Waals surface area contributed by atoms with Crippen LogP contribution in [0, 0.1) is 0 Å². The molecule has 0 N–H and O–H groups in total. The van der Waals surface area contributed by atoms with Crippen molar-refractivity contribution in [1.29, 1.82) is 0 Å². The first kappa shape index (κ1) is 40.0. The van der Waals surface area contributed by atoms with Crippen LogP contribution in [0.1, 0.15) is 0 Å². The fourth-order valence-electron chi connectivity index (χ4n) is 10.5. The third-order valence-electron chi connectivity index (χ3n) is 13.5. The van der Waals surface area contributed by atoms with Crippen LogP contribution in [0.2, 0.25) is 0 Å². The lowest BCUT2D eigenvalue weighted by Crippen LogP contribution is -2.74. The lowest BCUT2D eigenvalue weighted by Gasteiger charge is -2.35. The first-order valence-electron chi connectivity index (χ1n) is 23.1. The molecule has 0 saturated heterocycles. The molecule has 0 spiro atoms. The molecular weight excluding hydrogens is 825 g/mol. The van der Waals surface area contributed by atoms with Crippen molar-refractivity contribution >= 4 is 78.5 Å². The number of para-hydroxylation sites is 1. The third kappa shape index (κ3) is 6.96. The number of anilines is 3. The highest BCUT2D eigenvalue weighted by Crippen LogP contribution is 2.44. The van der Waals surface area contributed by atoms with Gasteiger partial charge in [0.25, 0.3) is 0 Å². The van der Waals surface area contributed by atoms with Gasteiger partial charge < -0.3 is 9.47 Å². The highest BCUT2D eigenvalue weighted by molar-refractivity contribution is 7.19. The zero-order chi connectivity index (χ0) is 44.6. The van der Waals surface area contributed by atoms with Crippen LogP contribution in [0.4, 0.5) is 17.1 Å². The van der Waals surface area contributed by atoms with Crippen molar-refractivity contribution in [3.63, 3.8) is 0 Å². The van der Waals surface area contributed by atoms with Crippen LogP contribution in [0.3, 0.4) is 0 Å². The van der Waals surface area contributed by atoms with E-state index in [9.17, 15) is 0 Å². The minimum absolute atomic E-state index is 1.09. The average molecular weight is 871 g/mol. The SMILES string of the molecule is c1ccc(-c2ccc(-n3c4ccccc4c4c(N(c5ccc(-c6cccc7ccccc67)cc5)c5cccc([Si](c6ccccc6)(c6ccccc6)c6ccccc6)c5)cccc43)cc2)cc1. The van der Waals surface area contributed by atoms with Gasteiger partial charge in [-0.1, -0.05) is 224 Å². The van der Waals surface area contributed by atoms with Gasteiger partial charge >= 0.3 is 0 Å². The molecular formula is C64H46N2Si. The summed E-state index contributed by atoms with van der Waals surface area (Å²) in [7, 11) is -2.86. The van der Waals surface area contributed by atoms with Crippen molar-refractivity contribution in [2.24, 2.45) is 0 Å². The lowest BCUT2D eigenvalue weighted by atomic mass is 9.98. The molecule has 0 fully saturated rings. The Morgan fingerprint density at radius 1 is 0.313 bits per heavy atom. The number of aromatic nitrogens is 1. The minimum Gasteiger partial charge on any atom is -0.310 e. The van der Waals surface area contributed by atoms with Crippen molar-refractivity contribution in [1.82, 2.24) is 4.57 Å². The van der Waals surface area contributed by atoms with Crippen molar-refractivity contribution in [3.05, 3.63) is 279 Å². The summed E-state index contributed by atoms with van der Waals surface area (Å²) in [6, 6.07) is 103. The van der Waals surface area contributed by atoms with Gasteiger partial charge in [-0.3, -0.25) is 0 Å². The molecule has 0 radical (unpaired) electrons. The van der Waals surface area contributed by atoms with Gasteiger partial charge in [-0.05, 0) is 108 Å². The highest BCUT2D eigenvalue weighted by atomic mass is 28.3. The van der Waals surface area contributed by atoms with Crippen LogP contribution in [0.15, 0.2) is 279 Å². The number of hydrogen-bond donors (Lipinski definition) is 0. The zero-order valence-electron chi connectivity index (χ0n) is 37.0. The number of nitrogens with zero attached hydrogens (tertiary/aromatic N) is 2. The molecule has 0 atom stereocenters. The Bertz CT molecular complexity index is 3560. The second kappa shape index (κ2) is 17.1. The van der Waals surface area contributed by atoms with Crippen LogP contribution >= 0.6 is 0 Å². The molecule has 0 bridgehead atoms. The maximum Gasteiger partial charge on any atom is 0.179 e. The van der Waals surface area contributed by atoms with Crippen LogP contribution in [-0.2, 0) is 0 Å². The van der Waals surface area contributed by atoms with Crippen LogP contribution in [-0.4, -0.2) is 12.6 Å². The Morgan fingerprint density at radius 2 is 0.806 bits per heavy atom. The molecule has 0 unspecified atom stereocenters. The van der Waals surface area contributed by atoms with Gasteiger partial charge in [0, 0.05) is 27.8 Å². The van der Waals surface area contributed by atoms with E-state index in [4.69, 9.17) is 0 Å². The van der Waals surface area contributed by atoms with E-state index in [-0.39, 0.29) is 0 Å². The van der Waals surface area contributed by atoms with E-state index in [1.165, 1.54) is 70.1 Å². The van der Waals surface area contributed by atoms with E-state index in [0.29, 0.717) is 0 Å². The van der Waals surface area contributed by atoms with E-state index >= 15 is 0 Å².